The molecule has 0 saturated heterocycles. The summed E-state index contributed by atoms with van der Waals surface area (Å²) in [7, 11) is 0. The lowest BCUT2D eigenvalue weighted by atomic mass is 10.2. The monoisotopic (exact) mass is 231 g/mol. The predicted molar refractivity (Wildman–Crippen MR) is 61.5 cm³/mol. The maximum absolute atomic E-state index is 11.5. The zero-order chi connectivity index (χ0) is 11.1. The molecule has 1 aliphatic rings. The molecule has 0 radical (unpaired) electrons. The van der Waals surface area contributed by atoms with Crippen molar-refractivity contribution in [3.05, 3.63) is 30.2 Å². The Hall–Kier alpha value is -1.62. The van der Waals surface area contributed by atoms with Gasteiger partial charge in [0.2, 0.25) is 5.91 Å². The first kappa shape index (κ1) is 9.59. The quantitative estimate of drug-likeness (QED) is 0.753. The third kappa shape index (κ3) is 1.44. The highest BCUT2D eigenvalue weighted by Gasteiger charge is 2.22. The highest BCUT2D eigenvalue weighted by atomic mass is 32.2. The minimum atomic E-state index is 0.101. The van der Waals surface area contributed by atoms with E-state index in [9.17, 15) is 4.79 Å². The van der Waals surface area contributed by atoms with Crippen LogP contribution in [0.25, 0.3) is 11.3 Å². The van der Waals surface area contributed by atoms with Crippen LogP contribution >= 0.6 is 11.8 Å². The molecule has 1 aliphatic heterocycles. The maximum atomic E-state index is 11.5. The highest BCUT2D eigenvalue weighted by Crippen LogP contribution is 2.28. The van der Waals surface area contributed by atoms with Crippen molar-refractivity contribution in [2.45, 2.75) is 12.1 Å². The van der Waals surface area contributed by atoms with E-state index in [-0.39, 0.29) is 5.91 Å². The van der Waals surface area contributed by atoms with Crippen LogP contribution in [-0.4, -0.2) is 26.2 Å². The average molecular weight is 231 g/mol. The number of carbonyl (C=O) groups is 1. The van der Waals surface area contributed by atoms with Crippen LogP contribution in [0.3, 0.4) is 0 Å². The van der Waals surface area contributed by atoms with Gasteiger partial charge < -0.3 is 0 Å². The Morgan fingerprint density at radius 2 is 2.38 bits per heavy atom. The molecule has 0 atom stereocenters. The first-order valence-corrected chi connectivity index (χ1v) is 5.91. The lowest BCUT2D eigenvalue weighted by Gasteiger charge is -1.97. The second-order valence-electron chi connectivity index (χ2n) is 3.65. The molecule has 0 aromatic carbocycles. The smallest absolute Gasteiger partial charge is 0.243 e. The van der Waals surface area contributed by atoms with Crippen LogP contribution in [0, 0.1) is 6.92 Å². The zero-order valence-corrected chi connectivity index (χ0v) is 9.49. The summed E-state index contributed by atoms with van der Waals surface area (Å²) in [6.07, 6.45) is 3.55. The second-order valence-corrected chi connectivity index (χ2v) is 4.59. The number of carbonyl (C=O) groups excluding carboxylic acids is 1. The van der Waals surface area contributed by atoms with Crippen LogP contribution in [-0.2, 0) is 0 Å². The van der Waals surface area contributed by atoms with Gasteiger partial charge in [0.25, 0.3) is 0 Å². The second kappa shape index (κ2) is 3.45. The van der Waals surface area contributed by atoms with E-state index in [0.717, 1.165) is 22.1 Å². The summed E-state index contributed by atoms with van der Waals surface area (Å²) < 4.78 is 1.62. The van der Waals surface area contributed by atoms with Gasteiger partial charge in [0, 0.05) is 23.7 Å². The van der Waals surface area contributed by atoms with E-state index in [0.29, 0.717) is 5.75 Å². The van der Waals surface area contributed by atoms with Crippen molar-refractivity contribution in [2.24, 2.45) is 0 Å². The van der Waals surface area contributed by atoms with E-state index in [1.165, 1.54) is 11.8 Å². The molecule has 16 heavy (non-hydrogen) atoms. The van der Waals surface area contributed by atoms with Gasteiger partial charge in [-0.25, -0.2) is 4.98 Å². The van der Waals surface area contributed by atoms with Crippen molar-refractivity contribution in [2.75, 3.05) is 5.75 Å². The van der Waals surface area contributed by atoms with Gasteiger partial charge in [0.05, 0.1) is 11.4 Å². The summed E-state index contributed by atoms with van der Waals surface area (Å²) in [4.78, 5) is 20.0. The van der Waals surface area contributed by atoms with Crippen LogP contribution < -0.4 is 0 Å². The van der Waals surface area contributed by atoms with Crippen molar-refractivity contribution >= 4 is 17.7 Å². The fraction of sp³-hybridized carbons (Fsp3) is 0.182. The van der Waals surface area contributed by atoms with Gasteiger partial charge in [-0.1, -0.05) is 11.8 Å². The summed E-state index contributed by atoms with van der Waals surface area (Å²) in [6.45, 7) is 1.94. The van der Waals surface area contributed by atoms with E-state index < -0.39 is 0 Å². The summed E-state index contributed by atoms with van der Waals surface area (Å²) in [5, 5.41) is 0.787. The molecule has 0 amide bonds. The molecule has 80 valence electrons. The van der Waals surface area contributed by atoms with E-state index in [1.54, 1.807) is 17.0 Å². The van der Waals surface area contributed by atoms with Gasteiger partial charge in [-0.05, 0) is 19.1 Å². The van der Waals surface area contributed by atoms with Gasteiger partial charge in [0.1, 0.15) is 0 Å². The molecule has 0 N–H and O–H groups in total. The molecule has 3 heterocycles. The Morgan fingerprint density at radius 1 is 1.50 bits per heavy atom. The van der Waals surface area contributed by atoms with Gasteiger partial charge in [-0.3, -0.25) is 14.3 Å². The Kier molecular flexibility index (Phi) is 2.07. The molecule has 0 bridgehead atoms. The molecule has 4 nitrogen and oxygen atoms in total. The van der Waals surface area contributed by atoms with Crippen molar-refractivity contribution in [1.29, 1.82) is 0 Å². The molecule has 0 fully saturated rings. The SMILES string of the molecule is Cc1cc(-c2cn3c(n2)SCC3=O)ccn1. The lowest BCUT2D eigenvalue weighted by Crippen LogP contribution is -2.04. The molecule has 0 saturated carbocycles. The molecule has 2 aromatic rings. The Balaban J connectivity index is 2.08. The lowest BCUT2D eigenvalue weighted by molar-refractivity contribution is 0.0939. The number of hydrogen-bond acceptors (Lipinski definition) is 4. The topological polar surface area (TPSA) is 47.8 Å². The normalized spacial score (nSPS) is 14.2. The number of nitrogens with zero attached hydrogens (tertiary/aromatic N) is 3. The number of aromatic nitrogens is 3. The van der Waals surface area contributed by atoms with Crippen LogP contribution in [0.15, 0.2) is 29.7 Å². The van der Waals surface area contributed by atoms with Crippen molar-refractivity contribution in [3.8, 4) is 11.3 Å². The molecule has 0 aliphatic carbocycles. The van der Waals surface area contributed by atoms with Crippen LogP contribution in [0.4, 0.5) is 0 Å². The van der Waals surface area contributed by atoms with Crippen LogP contribution in [0.5, 0.6) is 0 Å². The first-order valence-electron chi connectivity index (χ1n) is 4.92. The van der Waals surface area contributed by atoms with Crippen molar-refractivity contribution in [3.63, 3.8) is 0 Å². The Morgan fingerprint density at radius 3 is 3.12 bits per heavy atom. The maximum Gasteiger partial charge on any atom is 0.243 e. The van der Waals surface area contributed by atoms with Gasteiger partial charge in [-0.2, -0.15) is 0 Å². The van der Waals surface area contributed by atoms with Gasteiger partial charge in [-0.15, -0.1) is 0 Å². The summed E-state index contributed by atoms with van der Waals surface area (Å²) >= 11 is 1.48. The molecule has 0 unspecified atom stereocenters. The minimum Gasteiger partial charge on any atom is -0.273 e. The Bertz CT molecular complexity index is 576. The molecule has 2 aromatic heterocycles. The zero-order valence-electron chi connectivity index (χ0n) is 8.67. The fourth-order valence-electron chi connectivity index (χ4n) is 1.68. The molecule has 0 spiro atoms. The molecular weight excluding hydrogens is 222 g/mol. The minimum absolute atomic E-state index is 0.101. The predicted octanol–water partition coefficient (Wildman–Crippen LogP) is 2.00. The standard InChI is InChI=1S/C11H9N3OS/c1-7-4-8(2-3-12-7)9-5-14-10(15)6-16-11(14)13-9/h2-5H,6H2,1H3. The number of hydrogen-bond donors (Lipinski definition) is 0. The van der Waals surface area contributed by atoms with Crippen LogP contribution in [0.2, 0.25) is 0 Å². The van der Waals surface area contributed by atoms with Crippen molar-refractivity contribution in [1.82, 2.24) is 14.5 Å². The van der Waals surface area contributed by atoms with E-state index in [2.05, 4.69) is 9.97 Å². The highest BCUT2D eigenvalue weighted by molar-refractivity contribution is 8.00. The third-order valence-electron chi connectivity index (χ3n) is 2.46. The molecule has 5 heteroatoms. The number of pyridine rings is 1. The molecule has 3 rings (SSSR count). The van der Waals surface area contributed by atoms with E-state index in [4.69, 9.17) is 0 Å². The average Bonchev–Trinajstić information content (AvgIpc) is 2.81. The summed E-state index contributed by atoms with van der Waals surface area (Å²) in [5.41, 5.74) is 2.79. The van der Waals surface area contributed by atoms with E-state index >= 15 is 0 Å². The van der Waals surface area contributed by atoms with Crippen LogP contribution in [0.1, 0.15) is 10.5 Å². The first-order chi connectivity index (χ1) is 7.74. The van der Waals surface area contributed by atoms with Gasteiger partial charge in [0.15, 0.2) is 5.16 Å². The summed E-state index contributed by atoms with van der Waals surface area (Å²) in [6, 6.07) is 3.87. The number of imidazole rings is 1. The summed E-state index contributed by atoms with van der Waals surface area (Å²) in [5.74, 6) is 0.599. The molecular formula is C11H9N3OS. The third-order valence-corrected chi connectivity index (χ3v) is 3.40. The largest absolute Gasteiger partial charge is 0.273 e. The van der Waals surface area contributed by atoms with Gasteiger partial charge >= 0.3 is 0 Å². The van der Waals surface area contributed by atoms with E-state index in [1.807, 2.05) is 19.1 Å². The number of fused-ring (bicyclic) bond motifs is 1. The van der Waals surface area contributed by atoms with Crippen molar-refractivity contribution < 1.29 is 4.79 Å². The number of rotatable bonds is 1. The Labute approximate surface area is 96.7 Å². The number of thioether (sulfide) groups is 1. The number of aryl methyl sites for hydroxylation is 1. The fourth-order valence-corrected chi connectivity index (χ4v) is 2.53.